The van der Waals surface area contributed by atoms with E-state index in [1.165, 1.54) is 16.7 Å². The normalized spacial score (nSPS) is 14.9. The lowest BCUT2D eigenvalue weighted by atomic mass is 9.95. The Kier molecular flexibility index (Phi) is 9.33. The topological polar surface area (TPSA) is 122 Å². The molecule has 0 bridgehead atoms. The maximum atomic E-state index is 14.0. The number of nitrogens with zero attached hydrogens (tertiary/aromatic N) is 3. The highest BCUT2D eigenvalue weighted by Crippen LogP contribution is 2.38. The molecule has 2 heterocycles. The first-order valence-corrected chi connectivity index (χ1v) is 15.2. The Hall–Kier alpha value is -5.24. The number of para-hydroxylation sites is 1. The van der Waals surface area contributed by atoms with E-state index in [0.717, 1.165) is 17.4 Å². The third-order valence-corrected chi connectivity index (χ3v) is 7.96. The van der Waals surface area contributed by atoms with Gasteiger partial charge in [0.15, 0.2) is 4.80 Å². The number of hydrogen-bond donors (Lipinski definition) is 0. The average molecular weight is 668 g/mol. The molecule has 1 aliphatic heterocycles. The van der Waals surface area contributed by atoms with Crippen molar-refractivity contribution in [2.45, 2.75) is 46.0 Å². The van der Waals surface area contributed by atoms with Gasteiger partial charge in [-0.15, -0.1) is 0 Å². The molecule has 47 heavy (non-hydrogen) atoms. The fourth-order valence-corrected chi connectivity index (χ4v) is 6.03. The Balaban J connectivity index is 1.54. The number of hydrogen-bond acceptors (Lipinski definition) is 9. The Morgan fingerprint density at radius 1 is 1.11 bits per heavy atom. The molecule has 0 unspecified atom stereocenters. The minimum absolute atomic E-state index is 0.128. The van der Waals surface area contributed by atoms with Gasteiger partial charge in [-0.05, 0) is 69.7 Å². The van der Waals surface area contributed by atoms with Gasteiger partial charge in [0.05, 0.1) is 39.0 Å². The monoisotopic (exact) mass is 667 g/mol. The molecular weight excluding hydrogens is 639 g/mol. The van der Waals surface area contributed by atoms with Crippen molar-refractivity contribution in [1.29, 1.82) is 0 Å². The summed E-state index contributed by atoms with van der Waals surface area (Å²) in [6, 6.07) is 14.4. The number of rotatable bonds is 9. The first kappa shape index (κ1) is 33.1. The van der Waals surface area contributed by atoms with Crippen molar-refractivity contribution < 1.29 is 37.1 Å². The van der Waals surface area contributed by atoms with Gasteiger partial charge in [-0.25, -0.2) is 9.79 Å². The van der Waals surface area contributed by atoms with Gasteiger partial charge >= 0.3 is 17.8 Å². The van der Waals surface area contributed by atoms with Crippen LogP contribution in [0.25, 0.3) is 6.08 Å². The average Bonchev–Trinajstić information content (AvgIpc) is 3.30. The number of alkyl halides is 3. The van der Waals surface area contributed by atoms with E-state index in [-0.39, 0.29) is 29.8 Å². The second kappa shape index (κ2) is 13.2. The van der Waals surface area contributed by atoms with Crippen molar-refractivity contribution in [2.24, 2.45) is 4.99 Å². The molecule has 14 heteroatoms. The van der Waals surface area contributed by atoms with Crippen LogP contribution >= 0.6 is 11.3 Å². The smallest absolute Gasteiger partial charge is 0.416 e. The number of carbonyl (C=O) groups excluding carboxylic acids is 1. The lowest BCUT2D eigenvalue weighted by Crippen LogP contribution is -2.40. The van der Waals surface area contributed by atoms with Gasteiger partial charge in [0.2, 0.25) is 5.75 Å². The first-order valence-electron chi connectivity index (χ1n) is 14.4. The molecule has 1 atom stereocenters. The molecule has 0 amide bonds. The summed E-state index contributed by atoms with van der Waals surface area (Å²) in [7, 11) is 0. The number of ether oxygens (including phenoxy) is 3. The number of thiazole rings is 1. The van der Waals surface area contributed by atoms with E-state index >= 15 is 0 Å². The van der Waals surface area contributed by atoms with Crippen molar-refractivity contribution >= 4 is 29.1 Å². The predicted molar refractivity (Wildman–Crippen MR) is 167 cm³/mol. The Morgan fingerprint density at radius 3 is 2.45 bits per heavy atom. The molecule has 5 rings (SSSR count). The summed E-state index contributed by atoms with van der Waals surface area (Å²) < 4.78 is 57.9. The molecule has 3 aromatic carbocycles. The SMILES string of the molecule is CCOC(=O)C1=C(C)N=c2s/c(=C/c3ccc(Oc4ccc(C(F)(F)F)cc4[N+](=O)[O-])cc3)c(=O)n2[C@H]1c1ccccc1OC(C)C. The number of nitro benzene ring substituents is 1. The highest BCUT2D eigenvalue weighted by atomic mass is 32.1. The minimum Gasteiger partial charge on any atom is -0.491 e. The van der Waals surface area contributed by atoms with Crippen LogP contribution in [0.1, 0.15) is 50.4 Å². The Labute approximate surface area is 269 Å². The number of fused-ring (bicyclic) bond motifs is 1. The van der Waals surface area contributed by atoms with Gasteiger partial charge in [-0.1, -0.05) is 41.7 Å². The van der Waals surface area contributed by atoms with Crippen LogP contribution in [0.3, 0.4) is 0 Å². The van der Waals surface area contributed by atoms with E-state index in [2.05, 4.69) is 4.99 Å². The maximum absolute atomic E-state index is 14.0. The molecule has 0 saturated carbocycles. The van der Waals surface area contributed by atoms with Gasteiger partial charge in [0.25, 0.3) is 5.56 Å². The third-order valence-electron chi connectivity index (χ3n) is 6.98. The number of benzene rings is 3. The highest BCUT2D eigenvalue weighted by molar-refractivity contribution is 7.07. The predicted octanol–water partition coefficient (Wildman–Crippen LogP) is 6.30. The van der Waals surface area contributed by atoms with E-state index in [0.29, 0.717) is 44.0 Å². The summed E-state index contributed by atoms with van der Waals surface area (Å²) in [6.07, 6.45) is -3.32. The van der Waals surface area contributed by atoms with Crippen LogP contribution in [0.5, 0.6) is 17.2 Å². The van der Waals surface area contributed by atoms with Crippen LogP contribution in [-0.4, -0.2) is 28.2 Å². The van der Waals surface area contributed by atoms with Gasteiger partial charge in [0.1, 0.15) is 17.5 Å². The van der Waals surface area contributed by atoms with E-state index in [1.54, 1.807) is 56.3 Å². The molecule has 0 fully saturated rings. The number of aromatic nitrogens is 1. The molecule has 10 nitrogen and oxygen atoms in total. The fourth-order valence-electron chi connectivity index (χ4n) is 4.99. The van der Waals surface area contributed by atoms with Crippen LogP contribution in [0.2, 0.25) is 0 Å². The van der Waals surface area contributed by atoms with Crippen LogP contribution in [-0.2, 0) is 15.7 Å². The molecule has 244 valence electrons. The van der Waals surface area contributed by atoms with E-state index in [4.69, 9.17) is 14.2 Å². The second-order valence-electron chi connectivity index (χ2n) is 10.6. The van der Waals surface area contributed by atoms with Crippen LogP contribution in [0.4, 0.5) is 18.9 Å². The van der Waals surface area contributed by atoms with Gasteiger partial charge in [-0.2, -0.15) is 13.2 Å². The van der Waals surface area contributed by atoms with Crippen molar-refractivity contribution in [3.63, 3.8) is 0 Å². The van der Waals surface area contributed by atoms with E-state index < -0.39 is 39.9 Å². The minimum atomic E-state index is -4.76. The number of nitro groups is 1. The molecule has 0 N–H and O–H groups in total. The van der Waals surface area contributed by atoms with Gasteiger partial charge in [0, 0.05) is 11.6 Å². The molecule has 1 aromatic heterocycles. The number of esters is 1. The number of carbonyl (C=O) groups is 1. The molecule has 0 aliphatic carbocycles. The summed E-state index contributed by atoms with van der Waals surface area (Å²) in [5, 5.41) is 11.4. The molecule has 0 spiro atoms. The number of allylic oxidation sites excluding steroid dienone is 1. The largest absolute Gasteiger partial charge is 0.491 e. The maximum Gasteiger partial charge on any atom is 0.416 e. The van der Waals surface area contributed by atoms with Gasteiger partial charge < -0.3 is 14.2 Å². The third kappa shape index (κ3) is 6.97. The zero-order chi connectivity index (χ0) is 34.0. The standard InChI is InChI=1S/C33H28F3N3O7S/c1-5-44-31(41)28-19(4)37-32-38(29(28)23-8-6-7-9-25(23)45-18(2)3)30(40)27(47-32)16-20-10-13-22(14-11-20)46-26-15-12-21(33(34,35)36)17-24(26)39(42)43/h6-18,29H,5H2,1-4H3/b27-16+/t29-/m0/s1. The summed E-state index contributed by atoms with van der Waals surface area (Å²) in [5.74, 6) is -0.333. The molecule has 0 radical (unpaired) electrons. The van der Waals surface area contributed by atoms with Crippen molar-refractivity contribution in [3.8, 4) is 17.2 Å². The molecule has 4 aromatic rings. The van der Waals surface area contributed by atoms with Crippen LogP contribution in [0, 0.1) is 10.1 Å². The zero-order valence-electron chi connectivity index (χ0n) is 25.5. The van der Waals surface area contributed by atoms with Crippen molar-refractivity contribution in [1.82, 2.24) is 4.57 Å². The lowest BCUT2D eigenvalue weighted by molar-refractivity contribution is -0.385. The molecule has 1 aliphatic rings. The number of halogens is 3. The fraction of sp³-hybridized carbons (Fsp3) is 0.242. The van der Waals surface area contributed by atoms with Crippen molar-refractivity contribution in [2.75, 3.05) is 6.61 Å². The summed E-state index contributed by atoms with van der Waals surface area (Å²) in [6.45, 7) is 7.24. The van der Waals surface area contributed by atoms with Crippen molar-refractivity contribution in [3.05, 3.63) is 124 Å². The summed E-state index contributed by atoms with van der Waals surface area (Å²) >= 11 is 1.12. The lowest BCUT2D eigenvalue weighted by Gasteiger charge is -2.26. The zero-order valence-corrected chi connectivity index (χ0v) is 26.3. The second-order valence-corrected chi connectivity index (χ2v) is 11.6. The Bertz CT molecular complexity index is 2070. The molecule has 0 saturated heterocycles. The van der Waals surface area contributed by atoms with E-state index in [9.17, 15) is 32.9 Å². The first-order chi connectivity index (χ1) is 22.3. The van der Waals surface area contributed by atoms with Crippen LogP contribution < -0.4 is 24.4 Å². The molecular formula is C33H28F3N3O7S. The van der Waals surface area contributed by atoms with Gasteiger partial charge in [-0.3, -0.25) is 19.5 Å². The Morgan fingerprint density at radius 2 is 1.81 bits per heavy atom. The van der Waals surface area contributed by atoms with Crippen LogP contribution in [0.15, 0.2) is 87.8 Å². The summed E-state index contributed by atoms with van der Waals surface area (Å²) in [4.78, 5) is 42.6. The van der Waals surface area contributed by atoms with E-state index in [1.807, 2.05) is 13.8 Å². The summed E-state index contributed by atoms with van der Waals surface area (Å²) in [5.41, 5.74) is -0.651. The highest BCUT2D eigenvalue weighted by Gasteiger charge is 2.36. The quantitative estimate of drug-likeness (QED) is 0.117.